The molecule has 2 unspecified atom stereocenters. The Balaban J connectivity index is 1.94. The van der Waals surface area contributed by atoms with Crippen molar-refractivity contribution in [1.82, 2.24) is 0 Å². The van der Waals surface area contributed by atoms with Crippen LogP contribution in [0.15, 0.2) is 24.3 Å². The molecule has 0 aromatic heterocycles. The van der Waals surface area contributed by atoms with Crippen LogP contribution in [0.2, 0.25) is 0 Å². The fraction of sp³-hybridized carbons (Fsp3) is 0.533. The highest BCUT2D eigenvalue weighted by molar-refractivity contribution is 5.77. The van der Waals surface area contributed by atoms with Gasteiger partial charge < -0.3 is 4.74 Å². The maximum atomic E-state index is 11.5. The van der Waals surface area contributed by atoms with Crippen LogP contribution in [-0.2, 0) is 16.0 Å². The first kappa shape index (κ1) is 12.2. The Bertz CT molecular complexity index is 380. The normalized spacial score (nSPS) is 22.2. The molecule has 0 aliphatic heterocycles. The van der Waals surface area contributed by atoms with Crippen LogP contribution in [-0.4, -0.2) is 12.6 Å². The first-order chi connectivity index (χ1) is 8.26. The fourth-order valence-corrected chi connectivity index (χ4v) is 2.29. The number of aryl methyl sites for hydroxylation is 1. The van der Waals surface area contributed by atoms with E-state index in [0.717, 1.165) is 12.8 Å². The number of esters is 1. The van der Waals surface area contributed by atoms with E-state index in [0.29, 0.717) is 12.5 Å². The summed E-state index contributed by atoms with van der Waals surface area (Å²) >= 11 is 0. The Kier molecular flexibility index (Phi) is 3.82. The molecule has 1 fully saturated rings. The second-order valence-corrected chi connectivity index (χ2v) is 4.69. The molecule has 2 atom stereocenters. The molecule has 0 amide bonds. The van der Waals surface area contributed by atoms with Gasteiger partial charge in [0.05, 0.1) is 12.5 Å². The highest BCUT2D eigenvalue weighted by Gasteiger charge is 2.44. The molecular formula is C15H20O2. The monoisotopic (exact) mass is 232 g/mol. The number of rotatable bonds is 5. The van der Waals surface area contributed by atoms with Crippen molar-refractivity contribution in [2.75, 3.05) is 6.61 Å². The van der Waals surface area contributed by atoms with Crippen LogP contribution in [0.1, 0.15) is 43.7 Å². The van der Waals surface area contributed by atoms with Crippen molar-refractivity contribution in [3.8, 4) is 0 Å². The van der Waals surface area contributed by atoms with Gasteiger partial charge >= 0.3 is 5.97 Å². The zero-order valence-corrected chi connectivity index (χ0v) is 10.6. The van der Waals surface area contributed by atoms with Gasteiger partial charge in [-0.05, 0) is 36.8 Å². The van der Waals surface area contributed by atoms with E-state index >= 15 is 0 Å². The molecule has 0 spiro atoms. The number of ether oxygens (including phenoxy) is 1. The number of hydrogen-bond donors (Lipinski definition) is 0. The Morgan fingerprint density at radius 1 is 1.29 bits per heavy atom. The van der Waals surface area contributed by atoms with Gasteiger partial charge in [-0.3, -0.25) is 4.79 Å². The first-order valence-corrected chi connectivity index (χ1v) is 6.51. The summed E-state index contributed by atoms with van der Waals surface area (Å²) in [6.07, 6.45) is 3.26. The summed E-state index contributed by atoms with van der Waals surface area (Å²) in [5.74, 6) is 0.465. The molecular weight excluding hydrogens is 212 g/mol. The molecule has 1 aliphatic rings. The third kappa shape index (κ3) is 2.87. The number of hydrogen-bond acceptors (Lipinski definition) is 2. The summed E-state index contributed by atoms with van der Waals surface area (Å²) in [7, 11) is 0. The van der Waals surface area contributed by atoms with Crippen molar-refractivity contribution in [1.29, 1.82) is 0 Å². The van der Waals surface area contributed by atoms with Gasteiger partial charge in [0.25, 0.3) is 0 Å². The van der Waals surface area contributed by atoms with Gasteiger partial charge in [0.2, 0.25) is 0 Å². The van der Waals surface area contributed by atoms with Gasteiger partial charge in [-0.2, -0.15) is 0 Å². The second-order valence-electron chi connectivity index (χ2n) is 4.69. The maximum Gasteiger partial charge on any atom is 0.309 e. The summed E-state index contributed by atoms with van der Waals surface area (Å²) in [6, 6.07) is 8.68. The second kappa shape index (κ2) is 5.35. The van der Waals surface area contributed by atoms with Crippen molar-refractivity contribution in [2.45, 2.75) is 39.0 Å². The summed E-state index contributed by atoms with van der Waals surface area (Å²) in [5, 5.41) is 0. The van der Waals surface area contributed by atoms with E-state index in [4.69, 9.17) is 4.74 Å². The maximum absolute atomic E-state index is 11.5. The van der Waals surface area contributed by atoms with Crippen molar-refractivity contribution in [2.24, 2.45) is 5.92 Å². The Morgan fingerprint density at radius 3 is 2.59 bits per heavy atom. The average molecular weight is 232 g/mol. The van der Waals surface area contributed by atoms with Gasteiger partial charge in [0.1, 0.15) is 0 Å². The molecule has 17 heavy (non-hydrogen) atoms. The Labute approximate surface area is 103 Å². The smallest absolute Gasteiger partial charge is 0.309 e. The summed E-state index contributed by atoms with van der Waals surface area (Å²) in [4.78, 5) is 11.5. The van der Waals surface area contributed by atoms with Crippen molar-refractivity contribution < 1.29 is 9.53 Å². The summed E-state index contributed by atoms with van der Waals surface area (Å²) in [5.41, 5.74) is 2.66. The fourth-order valence-electron chi connectivity index (χ4n) is 2.29. The standard InChI is InChI=1S/C15H20O2/c1-3-5-11-6-8-12(9-7-11)13-10-14(13)15(16)17-4-2/h6-9,13-14H,3-5,10H2,1-2H3. The van der Waals surface area contributed by atoms with Gasteiger partial charge in [-0.15, -0.1) is 0 Å². The predicted molar refractivity (Wildman–Crippen MR) is 67.9 cm³/mol. The minimum absolute atomic E-state index is 0.0323. The number of benzene rings is 1. The molecule has 0 N–H and O–H groups in total. The van der Waals surface area contributed by atoms with Gasteiger partial charge in [-0.1, -0.05) is 37.6 Å². The van der Waals surface area contributed by atoms with Crippen LogP contribution in [0, 0.1) is 5.92 Å². The highest BCUT2D eigenvalue weighted by Crippen LogP contribution is 2.48. The molecule has 2 heteroatoms. The minimum atomic E-state index is -0.0323. The third-order valence-electron chi connectivity index (χ3n) is 3.33. The minimum Gasteiger partial charge on any atom is -0.466 e. The van der Waals surface area contributed by atoms with Crippen molar-refractivity contribution in [3.63, 3.8) is 0 Å². The SMILES string of the molecule is CCCc1ccc(C2CC2C(=O)OCC)cc1. The zero-order chi connectivity index (χ0) is 12.3. The third-order valence-corrected chi connectivity index (χ3v) is 3.33. The lowest BCUT2D eigenvalue weighted by Gasteiger charge is -2.03. The van der Waals surface area contributed by atoms with E-state index in [1.165, 1.54) is 17.5 Å². The quantitative estimate of drug-likeness (QED) is 0.728. The predicted octanol–water partition coefficient (Wildman–Crippen LogP) is 3.31. The van der Waals surface area contributed by atoms with Gasteiger partial charge in [-0.25, -0.2) is 0 Å². The van der Waals surface area contributed by atoms with Gasteiger partial charge in [0, 0.05) is 0 Å². The molecule has 0 heterocycles. The molecule has 1 saturated carbocycles. The summed E-state index contributed by atoms with van der Waals surface area (Å²) in [6.45, 7) is 4.53. The molecule has 1 aromatic rings. The Morgan fingerprint density at radius 2 is 2.00 bits per heavy atom. The number of carbonyl (C=O) groups excluding carboxylic acids is 1. The first-order valence-electron chi connectivity index (χ1n) is 6.51. The molecule has 0 saturated heterocycles. The van der Waals surface area contributed by atoms with E-state index in [2.05, 4.69) is 31.2 Å². The lowest BCUT2D eigenvalue weighted by atomic mass is 10.0. The molecule has 1 aromatic carbocycles. The van der Waals surface area contributed by atoms with E-state index in [1.54, 1.807) is 0 Å². The molecule has 1 aliphatic carbocycles. The lowest BCUT2D eigenvalue weighted by molar-refractivity contribution is -0.144. The molecule has 92 valence electrons. The molecule has 0 bridgehead atoms. The van der Waals surface area contributed by atoms with Crippen LogP contribution in [0.5, 0.6) is 0 Å². The largest absolute Gasteiger partial charge is 0.466 e. The lowest BCUT2D eigenvalue weighted by Crippen LogP contribution is -2.07. The summed E-state index contributed by atoms with van der Waals surface area (Å²) < 4.78 is 5.04. The molecule has 0 radical (unpaired) electrons. The van der Waals surface area contributed by atoms with Crippen LogP contribution in [0.3, 0.4) is 0 Å². The van der Waals surface area contributed by atoms with Crippen molar-refractivity contribution >= 4 is 5.97 Å². The van der Waals surface area contributed by atoms with Crippen LogP contribution in [0.4, 0.5) is 0 Å². The van der Waals surface area contributed by atoms with Gasteiger partial charge in [0.15, 0.2) is 0 Å². The number of carbonyl (C=O) groups is 1. The Hall–Kier alpha value is -1.31. The highest BCUT2D eigenvalue weighted by atomic mass is 16.5. The van der Waals surface area contributed by atoms with Crippen LogP contribution >= 0.6 is 0 Å². The van der Waals surface area contributed by atoms with E-state index in [1.807, 2.05) is 6.92 Å². The van der Waals surface area contributed by atoms with E-state index < -0.39 is 0 Å². The van der Waals surface area contributed by atoms with Crippen LogP contribution in [0.25, 0.3) is 0 Å². The van der Waals surface area contributed by atoms with Crippen molar-refractivity contribution in [3.05, 3.63) is 35.4 Å². The van der Waals surface area contributed by atoms with E-state index in [9.17, 15) is 4.79 Å². The average Bonchev–Trinajstić information content (AvgIpc) is 3.11. The topological polar surface area (TPSA) is 26.3 Å². The molecule has 2 nitrogen and oxygen atoms in total. The molecule has 2 rings (SSSR count). The zero-order valence-electron chi connectivity index (χ0n) is 10.6. The van der Waals surface area contributed by atoms with E-state index in [-0.39, 0.29) is 11.9 Å². The van der Waals surface area contributed by atoms with Crippen LogP contribution < -0.4 is 0 Å².